The summed E-state index contributed by atoms with van der Waals surface area (Å²) in [5.41, 5.74) is 0. The predicted octanol–water partition coefficient (Wildman–Crippen LogP) is -0.723. The van der Waals surface area contributed by atoms with Crippen LogP contribution in [-0.4, -0.2) is 80.4 Å². The SMILES string of the molecule is COCCNC(=O)CC1CC2OC(CNC(=O)NC3CCC3)C(O)C2O1. The Morgan fingerprint density at radius 1 is 1.23 bits per heavy atom. The predicted molar refractivity (Wildman–Crippen MR) is 91.6 cm³/mol. The molecule has 0 bridgehead atoms. The zero-order valence-electron chi connectivity index (χ0n) is 15.1. The molecule has 5 atom stereocenters. The second-order valence-electron chi connectivity index (χ2n) is 7.19. The summed E-state index contributed by atoms with van der Waals surface area (Å²) < 4.78 is 16.5. The third-order valence-electron chi connectivity index (χ3n) is 5.22. The number of nitrogens with one attached hydrogen (secondary N) is 3. The monoisotopic (exact) mass is 371 g/mol. The van der Waals surface area contributed by atoms with Gasteiger partial charge in [-0.05, 0) is 19.3 Å². The molecule has 0 aromatic rings. The van der Waals surface area contributed by atoms with Gasteiger partial charge in [-0.15, -0.1) is 0 Å². The van der Waals surface area contributed by atoms with Gasteiger partial charge in [0.15, 0.2) is 0 Å². The smallest absolute Gasteiger partial charge is 0.315 e. The van der Waals surface area contributed by atoms with Crippen molar-refractivity contribution in [2.45, 2.75) is 68.7 Å². The first-order valence-corrected chi connectivity index (χ1v) is 9.36. The van der Waals surface area contributed by atoms with Gasteiger partial charge in [0, 0.05) is 32.7 Å². The van der Waals surface area contributed by atoms with Gasteiger partial charge in [-0.3, -0.25) is 4.79 Å². The average Bonchev–Trinajstić information content (AvgIpc) is 3.08. The van der Waals surface area contributed by atoms with Crippen LogP contribution in [0.5, 0.6) is 0 Å². The van der Waals surface area contributed by atoms with Crippen molar-refractivity contribution >= 4 is 11.9 Å². The van der Waals surface area contributed by atoms with Crippen LogP contribution < -0.4 is 16.0 Å². The number of aliphatic hydroxyl groups is 1. The number of carbonyl (C=O) groups is 2. The first-order valence-electron chi connectivity index (χ1n) is 9.36. The number of rotatable bonds is 8. The van der Waals surface area contributed by atoms with Crippen molar-refractivity contribution in [3.63, 3.8) is 0 Å². The molecule has 26 heavy (non-hydrogen) atoms. The highest BCUT2D eigenvalue weighted by atomic mass is 16.6. The van der Waals surface area contributed by atoms with Crippen molar-refractivity contribution in [2.24, 2.45) is 0 Å². The minimum Gasteiger partial charge on any atom is -0.388 e. The number of ether oxygens (including phenoxy) is 3. The quantitative estimate of drug-likeness (QED) is 0.418. The highest BCUT2D eigenvalue weighted by Gasteiger charge is 2.50. The van der Waals surface area contributed by atoms with Crippen molar-refractivity contribution < 1.29 is 28.9 Å². The van der Waals surface area contributed by atoms with E-state index in [1.807, 2.05) is 0 Å². The molecule has 1 saturated carbocycles. The van der Waals surface area contributed by atoms with Crippen LogP contribution in [0.1, 0.15) is 32.1 Å². The summed E-state index contributed by atoms with van der Waals surface area (Å²) in [6.45, 7) is 1.16. The third kappa shape index (κ3) is 4.85. The number of hydrogen-bond acceptors (Lipinski definition) is 6. The molecule has 1 aliphatic carbocycles. The molecule has 0 aromatic heterocycles. The normalized spacial score (nSPS) is 33.4. The van der Waals surface area contributed by atoms with Crippen molar-refractivity contribution in [3.8, 4) is 0 Å². The molecule has 3 fully saturated rings. The van der Waals surface area contributed by atoms with E-state index in [0.717, 1.165) is 19.3 Å². The Hall–Kier alpha value is -1.42. The lowest BCUT2D eigenvalue weighted by molar-refractivity contribution is -0.124. The fourth-order valence-corrected chi connectivity index (χ4v) is 3.56. The van der Waals surface area contributed by atoms with Gasteiger partial charge in [-0.25, -0.2) is 4.79 Å². The zero-order valence-corrected chi connectivity index (χ0v) is 15.1. The third-order valence-corrected chi connectivity index (χ3v) is 5.22. The largest absolute Gasteiger partial charge is 0.388 e. The molecule has 0 aromatic carbocycles. The van der Waals surface area contributed by atoms with E-state index in [1.165, 1.54) is 0 Å². The molecule has 3 amide bonds. The molecule has 3 aliphatic rings. The summed E-state index contributed by atoms with van der Waals surface area (Å²) in [5, 5.41) is 18.8. The summed E-state index contributed by atoms with van der Waals surface area (Å²) in [6.07, 6.45) is 1.72. The molecule has 5 unspecified atom stereocenters. The molecule has 2 heterocycles. The summed E-state index contributed by atoms with van der Waals surface area (Å²) in [6, 6.07) is 0.0389. The van der Waals surface area contributed by atoms with Gasteiger partial charge < -0.3 is 35.3 Å². The molecule has 148 valence electrons. The van der Waals surface area contributed by atoms with Crippen LogP contribution in [0.2, 0.25) is 0 Å². The number of amides is 3. The maximum Gasteiger partial charge on any atom is 0.315 e. The first kappa shape index (κ1) is 19.3. The Bertz CT molecular complexity index is 501. The van der Waals surface area contributed by atoms with E-state index in [4.69, 9.17) is 14.2 Å². The van der Waals surface area contributed by atoms with Crippen LogP contribution in [-0.2, 0) is 19.0 Å². The van der Waals surface area contributed by atoms with E-state index in [0.29, 0.717) is 19.6 Å². The topological polar surface area (TPSA) is 118 Å². The van der Waals surface area contributed by atoms with E-state index < -0.39 is 18.3 Å². The molecular weight excluding hydrogens is 342 g/mol. The van der Waals surface area contributed by atoms with Crippen LogP contribution in [0.4, 0.5) is 4.79 Å². The fourth-order valence-electron chi connectivity index (χ4n) is 3.56. The number of methoxy groups -OCH3 is 1. The van der Waals surface area contributed by atoms with Gasteiger partial charge in [-0.1, -0.05) is 0 Å². The summed E-state index contributed by atoms with van der Waals surface area (Å²) >= 11 is 0. The summed E-state index contributed by atoms with van der Waals surface area (Å²) in [7, 11) is 1.58. The number of fused-ring (bicyclic) bond motifs is 1. The molecular formula is C17H29N3O6. The fraction of sp³-hybridized carbons (Fsp3) is 0.882. The van der Waals surface area contributed by atoms with E-state index in [-0.39, 0.29) is 43.2 Å². The minimum atomic E-state index is -0.814. The molecule has 0 spiro atoms. The van der Waals surface area contributed by atoms with Crippen molar-refractivity contribution in [3.05, 3.63) is 0 Å². The molecule has 2 saturated heterocycles. The molecule has 4 N–H and O–H groups in total. The minimum absolute atomic E-state index is 0.104. The van der Waals surface area contributed by atoms with Crippen LogP contribution >= 0.6 is 0 Å². The number of aliphatic hydroxyl groups excluding tert-OH is 1. The maximum atomic E-state index is 11.8. The molecule has 3 rings (SSSR count). The Balaban J connectivity index is 1.35. The molecule has 2 aliphatic heterocycles. The molecule has 9 heteroatoms. The zero-order chi connectivity index (χ0) is 18.5. The lowest BCUT2D eigenvalue weighted by Gasteiger charge is -2.27. The Labute approximate surface area is 153 Å². The van der Waals surface area contributed by atoms with Gasteiger partial charge in [0.25, 0.3) is 0 Å². The van der Waals surface area contributed by atoms with Gasteiger partial charge in [-0.2, -0.15) is 0 Å². The van der Waals surface area contributed by atoms with Crippen LogP contribution in [0.3, 0.4) is 0 Å². The second kappa shape index (κ2) is 8.98. The number of hydrogen-bond donors (Lipinski definition) is 4. The van der Waals surface area contributed by atoms with Gasteiger partial charge in [0.05, 0.1) is 25.2 Å². The Morgan fingerprint density at radius 2 is 2.04 bits per heavy atom. The van der Waals surface area contributed by atoms with Gasteiger partial charge in [0.1, 0.15) is 18.3 Å². The van der Waals surface area contributed by atoms with E-state index >= 15 is 0 Å². The summed E-state index contributed by atoms with van der Waals surface area (Å²) in [5.74, 6) is -0.104. The van der Waals surface area contributed by atoms with E-state index in [2.05, 4.69) is 16.0 Å². The van der Waals surface area contributed by atoms with Gasteiger partial charge in [0.2, 0.25) is 5.91 Å². The number of carbonyl (C=O) groups excluding carboxylic acids is 2. The molecule has 9 nitrogen and oxygen atoms in total. The van der Waals surface area contributed by atoms with Crippen molar-refractivity contribution in [2.75, 3.05) is 26.8 Å². The van der Waals surface area contributed by atoms with Crippen LogP contribution in [0.25, 0.3) is 0 Å². The van der Waals surface area contributed by atoms with Crippen LogP contribution in [0, 0.1) is 0 Å². The molecule has 0 radical (unpaired) electrons. The second-order valence-corrected chi connectivity index (χ2v) is 7.19. The Morgan fingerprint density at radius 3 is 2.69 bits per heavy atom. The first-order chi connectivity index (χ1) is 12.6. The highest BCUT2D eigenvalue weighted by Crippen LogP contribution is 2.35. The number of urea groups is 1. The highest BCUT2D eigenvalue weighted by molar-refractivity contribution is 5.76. The summed E-state index contributed by atoms with van der Waals surface area (Å²) in [4.78, 5) is 23.6. The van der Waals surface area contributed by atoms with E-state index in [9.17, 15) is 14.7 Å². The maximum absolute atomic E-state index is 11.8. The van der Waals surface area contributed by atoms with Gasteiger partial charge >= 0.3 is 6.03 Å². The van der Waals surface area contributed by atoms with E-state index in [1.54, 1.807) is 7.11 Å². The lowest BCUT2D eigenvalue weighted by atomic mass is 9.93. The Kier molecular flexibility index (Phi) is 6.68. The standard InChI is InChI=1S/C17H29N3O6/c1-24-6-5-18-14(21)8-11-7-12-16(25-11)15(22)13(26-12)9-19-17(23)20-10-3-2-4-10/h10-13,15-16,22H,2-9H2,1H3,(H,18,21)(H2,19,20,23). The van der Waals surface area contributed by atoms with Crippen LogP contribution in [0.15, 0.2) is 0 Å². The lowest BCUT2D eigenvalue weighted by Crippen LogP contribution is -2.48. The van der Waals surface area contributed by atoms with Crippen molar-refractivity contribution in [1.82, 2.24) is 16.0 Å². The van der Waals surface area contributed by atoms with Crippen molar-refractivity contribution in [1.29, 1.82) is 0 Å². The average molecular weight is 371 g/mol.